The number of amides is 1. The van der Waals surface area contributed by atoms with Crippen molar-refractivity contribution >= 4 is 5.91 Å². The molecule has 0 aliphatic rings. The molecule has 1 amide bonds. The van der Waals surface area contributed by atoms with E-state index >= 15 is 0 Å². The summed E-state index contributed by atoms with van der Waals surface area (Å²) in [6.07, 6.45) is 0. The van der Waals surface area contributed by atoms with Gasteiger partial charge in [-0.2, -0.15) is 5.10 Å². The zero-order chi connectivity index (χ0) is 14.7. The van der Waals surface area contributed by atoms with Crippen LogP contribution in [-0.4, -0.2) is 28.1 Å². The smallest absolute Gasteiger partial charge is 0.274 e. The van der Waals surface area contributed by atoms with Crippen LogP contribution >= 0.6 is 0 Å². The van der Waals surface area contributed by atoms with E-state index in [-0.39, 0.29) is 29.0 Å². The van der Waals surface area contributed by atoms with E-state index in [0.717, 1.165) is 5.56 Å². The summed E-state index contributed by atoms with van der Waals surface area (Å²) in [6.45, 7) is 1.83. The molecule has 1 N–H and O–H groups in total. The molecule has 6 heteroatoms. The summed E-state index contributed by atoms with van der Waals surface area (Å²) >= 11 is 0. The molecule has 0 saturated heterocycles. The largest absolute Gasteiger partial charge is 0.334 e. The first-order valence-electron chi connectivity index (χ1n) is 6.07. The number of aromatic nitrogens is 2. The predicted molar refractivity (Wildman–Crippen MR) is 71.8 cm³/mol. The van der Waals surface area contributed by atoms with Crippen molar-refractivity contribution in [2.24, 2.45) is 0 Å². The maximum Gasteiger partial charge on any atom is 0.274 e. The van der Waals surface area contributed by atoms with Gasteiger partial charge in [0.1, 0.15) is 11.5 Å². The van der Waals surface area contributed by atoms with E-state index in [9.17, 15) is 14.0 Å². The monoisotopic (exact) mass is 275 g/mol. The van der Waals surface area contributed by atoms with Crippen molar-refractivity contribution in [1.29, 1.82) is 0 Å². The Balaban J connectivity index is 2.19. The molecule has 2 aromatic rings. The van der Waals surface area contributed by atoms with Gasteiger partial charge in [0, 0.05) is 13.1 Å². The van der Waals surface area contributed by atoms with Gasteiger partial charge >= 0.3 is 0 Å². The number of nitrogens with zero attached hydrogens (tertiary/aromatic N) is 2. The minimum Gasteiger partial charge on any atom is -0.334 e. The van der Waals surface area contributed by atoms with Gasteiger partial charge in [-0.3, -0.25) is 9.59 Å². The number of carbonyl (C=O) groups is 1. The molecule has 0 aliphatic carbocycles. The number of hydrogen-bond acceptors (Lipinski definition) is 3. The van der Waals surface area contributed by atoms with E-state index in [4.69, 9.17) is 0 Å². The third kappa shape index (κ3) is 2.90. The quantitative estimate of drug-likeness (QED) is 0.928. The third-order valence-electron chi connectivity index (χ3n) is 3.15. The highest BCUT2D eigenvalue weighted by Gasteiger charge is 2.20. The molecule has 1 heterocycles. The molecule has 104 valence electrons. The van der Waals surface area contributed by atoms with Crippen LogP contribution in [0.15, 0.2) is 41.2 Å². The topological polar surface area (TPSA) is 66.1 Å². The van der Waals surface area contributed by atoms with Crippen LogP contribution in [0.4, 0.5) is 4.39 Å². The fourth-order valence-corrected chi connectivity index (χ4v) is 1.79. The van der Waals surface area contributed by atoms with Crippen LogP contribution in [0.2, 0.25) is 0 Å². The highest BCUT2D eigenvalue weighted by molar-refractivity contribution is 5.92. The van der Waals surface area contributed by atoms with Gasteiger partial charge in [0.25, 0.3) is 11.5 Å². The molecule has 0 fully saturated rings. The Morgan fingerprint density at radius 2 is 1.90 bits per heavy atom. The van der Waals surface area contributed by atoms with Gasteiger partial charge in [-0.1, -0.05) is 12.1 Å². The van der Waals surface area contributed by atoms with Crippen molar-refractivity contribution < 1.29 is 9.18 Å². The Bertz CT molecular complexity index is 646. The number of benzene rings is 1. The van der Waals surface area contributed by atoms with E-state index in [1.165, 1.54) is 29.2 Å². The molecule has 0 radical (unpaired) electrons. The number of H-pyrrole nitrogens is 1. The molecule has 0 spiro atoms. The minimum atomic E-state index is -0.365. The Morgan fingerprint density at radius 3 is 2.45 bits per heavy atom. The zero-order valence-electron chi connectivity index (χ0n) is 11.1. The van der Waals surface area contributed by atoms with Crippen LogP contribution in [-0.2, 0) is 0 Å². The Morgan fingerprint density at radius 1 is 1.25 bits per heavy atom. The second-order valence-electron chi connectivity index (χ2n) is 4.45. The summed E-state index contributed by atoms with van der Waals surface area (Å²) in [5.41, 5.74) is 0.600. The standard InChI is InChI=1S/C14H14FN3O2/c1-9(10-3-5-11(15)6-4-10)18(2)14(20)12-7-8-13(19)17-16-12/h3-9H,1-2H3,(H,17,19)/t9-/m0/s1. The van der Waals surface area contributed by atoms with Gasteiger partial charge in [-0.15, -0.1) is 0 Å². The SMILES string of the molecule is C[C@@H](c1ccc(F)cc1)N(C)C(=O)c1ccc(=O)[nH]n1. The van der Waals surface area contributed by atoms with Gasteiger partial charge in [0.05, 0.1) is 6.04 Å². The molecule has 20 heavy (non-hydrogen) atoms. The number of aromatic amines is 1. The number of halogens is 1. The third-order valence-corrected chi connectivity index (χ3v) is 3.15. The Labute approximate surface area is 115 Å². The molecular weight excluding hydrogens is 261 g/mol. The highest BCUT2D eigenvalue weighted by atomic mass is 19.1. The van der Waals surface area contributed by atoms with Crippen LogP contribution in [0.3, 0.4) is 0 Å². The summed E-state index contributed by atoms with van der Waals surface area (Å²) < 4.78 is 12.9. The van der Waals surface area contributed by atoms with Gasteiger partial charge in [0.15, 0.2) is 0 Å². The number of carbonyl (C=O) groups excluding carboxylic acids is 1. The lowest BCUT2D eigenvalue weighted by Gasteiger charge is -2.24. The predicted octanol–water partition coefficient (Wildman–Crippen LogP) is 1.74. The maximum atomic E-state index is 12.9. The van der Waals surface area contributed by atoms with Gasteiger partial charge < -0.3 is 4.90 Å². The fraction of sp³-hybridized carbons (Fsp3) is 0.214. The first-order valence-corrected chi connectivity index (χ1v) is 6.07. The van der Waals surface area contributed by atoms with Crippen LogP contribution in [0.5, 0.6) is 0 Å². The average molecular weight is 275 g/mol. The van der Waals surface area contributed by atoms with Crippen LogP contribution in [0.25, 0.3) is 0 Å². The highest BCUT2D eigenvalue weighted by Crippen LogP contribution is 2.20. The second-order valence-corrected chi connectivity index (χ2v) is 4.45. The van der Waals surface area contributed by atoms with Crippen molar-refractivity contribution in [2.45, 2.75) is 13.0 Å². The van der Waals surface area contributed by atoms with E-state index in [1.54, 1.807) is 19.2 Å². The Hall–Kier alpha value is -2.50. The van der Waals surface area contributed by atoms with Crippen molar-refractivity contribution in [1.82, 2.24) is 15.1 Å². The molecular formula is C14H14FN3O2. The van der Waals surface area contributed by atoms with E-state index in [1.807, 2.05) is 6.92 Å². The van der Waals surface area contributed by atoms with E-state index in [2.05, 4.69) is 10.2 Å². The number of hydrogen-bond donors (Lipinski definition) is 1. The van der Waals surface area contributed by atoms with E-state index in [0.29, 0.717) is 0 Å². The summed E-state index contributed by atoms with van der Waals surface area (Å²) in [6, 6.07) is 8.33. The number of rotatable bonds is 3. The summed E-state index contributed by atoms with van der Waals surface area (Å²) in [5, 5.41) is 5.92. The van der Waals surface area contributed by atoms with Crippen LogP contribution < -0.4 is 5.56 Å². The molecule has 1 atom stereocenters. The molecule has 1 aromatic heterocycles. The summed E-state index contributed by atoms with van der Waals surface area (Å²) in [7, 11) is 1.63. The minimum absolute atomic E-state index is 0.154. The lowest BCUT2D eigenvalue weighted by Crippen LogP contribution is -2.31. The average Bonchev–Trinajstić information content (AvgIpc) is 2.46. The molecule has 0 unspecified atom stereocenters. The normalized spacial score (nSPS) is 11.9. The van der Waals surface area contributed by atoms with Crippen molar-refractivity contribution in [3.63, 3.8) is 0 Å². The van der Waals surface area contributed by atoms with Crippen LogP contribution in [0, 0.1) is 5.82 Å². The lowest BCUT2D eigenvalue weighted by molar-refractivity contribution is 0.0735. The van der Waals surface area contributed by atoms with Gasteiger partial charge in [-0.25, -0.2) is 9.49 Å². The molecule has 0 aliphatic heterocycles. The van der Waals surface area contributed by atoms with Crippen LogP contribution in [0.1, 0.15) is 29.0 Å². The van der Waals surface area contributed by atoms with Gasteiger partial charge in [0.2, 0.25) is 0 Å². The summed E-state index contributed by atoms with van der Waals surface area (Å²) in [4.78, 5) is 24.6. The van der Waals surface area contributed by atoms with Crippen molar-refractivity contribution in [3.8, 4) is 0 Å². The molecule has 0 bridgehead atoms. The fourth-order valence-electron chi connectivity index (χ4n) is 1.79. The summed E-state index contributed by atoms with van der Waals surface area (Å²) in [5.74, 6) is -0.643. The molecule has 5 nitrogen and oxygen atoms in total. The van der Waals surface area contributed by atoms with Crippen molar-refractivity contribution in [3.05, 3.63) is 63.8 Å². The molecule has 0 saturated carbocycles. The second kappa shape index (κ2) is 5.64. The van der Waals surface area contributed by atoms with Crippen molar-refractivity contribution in [2.75, 3.05) is 7.05 Å². The van der Waals surface area contributed by atoms with E-state index < -0.39 is 0 Å². The zero-order valence-corrected chi connectivity index (χ0v) is 11.1. The van der Waals surface area contributed by atoms with Gasteiger partial charge in [-0.05, 0) is 30.7 Å². The first-order chi connectivity index (χ1) is 9.49. The number of nitrogens with one attached hydrogen (secondary N) is 1. The first kappa shape index (κ1) is 13.9. The lowest BCUT2D eigenvalue weighted by atomic mass is 10.1. The molecule has 2 rings (SSSR count). The Kier molecular flexibility index (Phi) is 3.93. The maximum absolute atomic E-state index is 12.9. The molecule has 1 aromatic carbocycles.